The van der Waals surface area contributed by atoms with Gasteiger partial charge in [-0.1, -0.05) is 310 Å². The number of aliphatic hydroxyl groups excluding tert-OH is 1. The molecule has 2 unspecified atom stereocenters. The minimum absolute atomic E-state index is 0.106. The maximum absolute atomic E-state index is 13.0. The summed E-state index contributed by atoms with van der Waals surface area (Å²) in [5.74, 6) is -2.13. The van der Waals surface area contributed by atoms with Crippen LogP contribution >= 0.6 is 15.6 Å². The number of phosphoric ester groups is 2. The number of esters is 4. The number of rotatable bonds is 70. The Hall–Kier alpha value is -1.94. The molecule has 0 rings (SSSR count). The number of phosphoric acid groups is 2. The topological polar surface area (TPSA) is 237 Å². The SMILES string of the molecule is CCCCCCCCCCCCCCCCCCCCCCC(=O)O[C@H](COC(=O)CCCCCCCCCCCC)COP(=O)(O)OC[C@@H](O)COP(=O)(O)OC[C@@H](COC(=O)CCCCCCCCCCC)OC(=O)CCCCCCCCCCC. The second kappa shape index (κ2) is 63.8. The van der Waals surface area contributed by atoms with Crippen molar-refractivity contribution in [2.75, 3.05) is 39.6 Å². The largest absolute Gasteiger partial charge is 0.472 e. The van der Waals surface area contributed by atoms with Crippen molar-refractivity contribution in [2.24, 2.45) is 0 Å². The van der Waals surface area contributed by atoms with E-state index in [1.807, 2.05) is 0 Å². The van der Waals surface area contributed by atoms with Crippen molar-refractivity contribution in [1.82, 2.24) is 0 Å². The molecule has 522 valence electrons. The summed E-state index contributed by atoms with van der Waals surface area (Å²) in [6.45, 7) is 4.89. The molecular formula is C69H134O17P2. The lowest BCUT2D eigenvalue weighted by atomic mass is 10.0. The summed E-state index contributed by atoms with van der Waals surface area (Å²) in [6.07, 6.45) is 51.4. The Bertz CT molecular complexity index is 1690. The normalized spacial score (nSPS) is 14.0. The maximum atomic E-state index is 13.0. The van der Waals surface area contributed by atoms with Gasteiger partial charge in [-0.2, -0.15) is 0 Å². The van der Waals surface area contributed by atoms with Crippen LogP contribution in [0.5, 0.6) is 0 Å². The van der Waals surface area contributed by atoms with Crippen molar-refractivity contribution in [3.63, 3.8) is 0 Å². The van der Waals surface area contributed by atoms with E-state index in [2.05, 4.69) is 27.7 Å². The number of hydrogen-bond acceptors (Lipinski definition) is 15. The Labute approximate surface area is 537 Å². The molecule has 17 nitrogen and oxygen atoms in total. The molecule has 0 heterocycles. The molecular weight excluding hydrogens is 1160 g/mol. The van der Waals surface area contributed by atoms with Crippen LogP contribution in [0.4, 0.5) is 0 Å². The van der Waals surface area contributed by atoms with Crippen LogP contribution in [-0.4, -0.2) is 96.7 Å². The van der Waals surface area contributed by atoms with Crippen molar-refractivity contribution in [2.45, 2.75) is 380 Å². The van der Waals surface area contributed by atoms with E-state index in [0.29, 0.717) is 25.7 Å². The van der Waals surface area contributed by atoms with Crippen LogP contribution in [0, 0.1) is 0 Å². The number of carbonyl (C=O) groups excluding carboxylic acids is 4. The molecule has 0 aromatic rings. The van der Waals surface area contributed by atoms with Gasteiger partial charge in [-0.25, -0.2) is 9.13 Å². The highest BCUT2D eigenvalue weighted by atomic mass is 31.2. The highest BCUT2D eigenvalue weighted by Crippen LogP contribution is 2.45. The van der Waals surface area contributed by atoms with Gasteiger partial charge in [-0.05, 0) is 25.7 Å². The maximum Gasteiger partial charge on any atom is 0.472 e. The lowest BCUT2D eigenvalue weighted by Crippen LogP contribution is -2.30. The minimum atomic E-state index is -4.95. The lowest BCUT2D eigenvalue weighted by Gasteiger charge is -2.21. The van der Waals surface area contributed by atoms with Gasteiger partial charge in [0.15, 0.2) is 12.2 Å². The summed E-state index contributed by atoms with van der Waals surface area (Å²) in [4.78, 5) is 72.3. The molecule has 19 heteroatoms. The molecule has 0 aromatic carbocycles. The van der Waals surface area contributed by atoms with Crippen LogP contribution < -0.4 is 0 Å². The molecule has 0 fully saturated rings. The third-order valence-electron chi connectivity index (χ3n) is 16.1. The first-order chi connectivity index (χ1) is 42.7. The molecule has 88 heavy (non-hydrogen) atoms. The van der Waals surface area contributed by atoms with Gasteiger partial charge in [-0.3, -0.25) is 37.3 Å². The fraction of sp³-hybridized carbons (Fsp3) is 0.942. The second-order valence-corrected chi connectivity index (χ2v) is 27.8. The van der Waals surface area contributed by atoms with Gasteiger partial charge in [0.1, 0.15) is 19.3 Å². The number of unbranched alkanes of at least 4 members (excludes halogenated alkanes) is 44. The molecule has 0 aromatic heterocycles. The third-order valence-corrected chi connectivity index (χ3v) is 18.0. The van der Waals surface area contributed by atoms with Gasteiger partial charge in [0.2, 0.25) is 0 Å². The summed E-state index contributed by atoms with van der Waals surface area (Å²) < 4.78 is 68.1. The zero-order valence-corrected chi connectivity index (χ0v) is 58.5. The van der Waals surface area contributed by atoms with E-state index in [0.717, 1.165) is 89.9 Å². The van der Waals surface area contributed by atoms with Crippen molar-refractivity contribution in [3.8, 4) is 0 Å². The van der Waals surface area contributed by atoms with E-state index in [4.69, 9.17) is 37.0 Å². The van der Waals surface area contributed by atoms with Crippen molar-refractivity contribution in [1.29, 1.82) is 0 Å². The highest BCUT2D eigenvalue weighted by molar-refractivity contribution is 7.47. The standard InChI is InChI=1S/C69H134O17P2/c1-5-9-13-17-21-25-27-28-29-30-31-32-33-34-35-36-40-44-48-52-56-69(74)86-65(60-80-67(72)54-50-46-42-39-26-22-18-14-10-6-2)62-84-88(77,78)82-58-63(70)57-81-87(75,76)83-61-64(85-68(73)55-51-47-43-38-24-20-16-12-8-4)59-79-66(71)53-49-45-41-37-23-19-15-11-7-3/h63-65,70H,5-62H2,1-4H3,(H,75,76)(H,77,78)/t63-,64+,65+/m0/s1. The molecule has 3 N–H and O–H groups in total. The monoisotopic (exact) mass is 1300 g/mol. The van der Waals surface area contributed by atoms with Gasteiger partial charge >= 0.3 is 39.5 Å². The molecule has 0 bridgehead atoms. The summed E-state index contributed by atoms with van der Waals surface area (Å²) in [6, 6.07) is 0. The Morgan fingerprint density at radius 1 is 0.273 bits per heavy atom. The van der Waals surface area contributed by atoms with E-state index in [1.54, 1.807) is 0 Å². The Morgan fingerprint density at radius 3 is 0.670 bits per heavy atom. The van der Waals surface area contributed by atoms with Crippen molar-refractivity contribution < 1.29 is 80.2 Å². The number of ether oxygens (including phenoxy) is 4. The average molecular weight is 1300 g/mol. The van der Waals surface area contributed by atoms with Crippen LogP contribution in [0.15, 0.2) is 0 Å². The van der Waals surface area contributed by atoms with Gasteiger partial charge < -0.3 is 33.8 Å². The number of carbonyl (C=O) groups is 4. The number of hydrogen-bond donors (Lipinski definition) is 3. The van der Waals surface area contributed by atoms with Gasteiger partial charge in [-0.15, -0.1) is 0 Å². The van der Waals surface area contributed by atoms with E-state index >= 15 is 0 Å². The van der Waals surface area contributed by atoms with Gasteiger partial charge in [0, 0.05) is 25.7 Å². The van der Waals surface area contributed by atoms with E-state index in [9.17, 15) is 43.2 Å². The Morgan fingerprint density at radius 2 is 0.455 bits per heavy atom. The van der Waals surface area contributed by atoms with Crippen molar-refractivity contribution in [3.05, 3.63) is 0 Å². The highest BCUT2D eigenvalue weighted by Gasteiger charge is 2.30. The first-order valence-electron chi connectivity index (χ1n) is 36.3. The third kappa shape index (κ3) is 62.8. The first kappa shape index (κ1) is 86.1. The molecule has 0 aliphatic heterocycles. The predicted molar refractivity (Wildman–Crippen MR) is 354 cm³/mol. The average Bonchev–Trinajstić information content (AvgIpc) is 3.54. The summed E-state index contributed by atoms with van der Waals surface area (Å²) >= 11 is 0. The fourth-order valence-corrected chi connectivity index (χ4v) is 12.1. The molecule has 0 aliphatic rings. The van der Waals surface area contributed by atoms with E-state index in [1.165, 1.54) is 193 Å². The first-order valence-corrected chi connectivity index (χ1v) is 39.3. The van der Waals surface area contributed by atoms with Gasteiger partial charge in [0.05, 0.1) is 26.4 Å². The smallest absolute Gasteiger partial charge is 0.462 e. The summed E-state index contributed by atoms with van der Waals surface area (Å²) in [5.41, 5.74) is 0. The molecule has 0 saturated carbocycles. The van der Waals surface area contributed by atoms with Crippen LogP contribution in [0.2, 0.25) is 0 Å². The van der Waals surface area contributed by atoms with E-state index in [-0.39, 0.29) is 25.7 Å². The van der Waals surface area contributed by atoms with Crippen LogP contribution in [0.1, 0.15) is 362 Å². The zero-order chi connectivity index (χ0) is 64.7. The molecule has 0 saturated heterocycles. The predicted octanol–water partition coefficient (Wildman–Crippen LogP) is 19.9. The van der Waals surface area contributed by atoms with Crippen LogP contribution in [-0.2, 0) is 65.4 Å². The molecule has 5 atom stereocenters. The van der Waals surface area contributed by atoms with Crippen LogP contribution in [0.25, 0.3) is 0 Å². The lowest BCUT2D eigenvalue weighted by molar-refractivity contribution is -0.161. The molecule has 0 radical (unpaired) electrons. The quantitative estimate of drug-likeness (QED) is 0.0222. The van der Waals surface area contributed by atoms with Crippen LogP contribution in [0.3, 0.4) is 0 Å². The Kier molecular flexibility index (Phi) is 62.4. The zero-order valence-electron chi connectivity index (χ0n) is 56.7. The van der Waals surface area contributed by atoms with E-state index < -0.39 is 97.5 Å². The van der Waals surface area contributed by atoms with Gasteiger partial charge in [0.25, 0.3) is 0 Å². The molecule has 0 aliphatic carbocycles. The summed E-state index contributed by atoms with van der Waals surface area (Å²) in [7, 11) is -9.89. The van der Waals surface area contributed by atoms with Crippen molar-refractivity contribution >= 4 is 39.5 Å². The fourth-order valence-electron chi connectivity index (χ4n) is 10.5. The molecule has 0 amide bonds. The number of aliphatic hydroxyl groups is 1. The summed E-state index contributed by atoms with van der Waals surface area (Å²) in [5, 5.41) is 10.6. The Balaban J connectivity index is 5.13. The minimum Gasteiger partial charge on any atom is -0.462 e. The molecule has 0 spiro atoms. The second-order valence-electron chi connectivity index (χ2n) is 24.9.